The van der Waals surface area contributed by atoms with Gasteiger partial charge in [-0.3, -0.25) is 9.69 Å². The van der Waals surface area contributed by atoms with Crippen LogP contribution in [0.3, 0.4) is 0 Å². The zero-order valence-electron chi connectivity index (χ0n) is 25.3. The van der Waals surface area contributed by atoms with E-state index in [0.717, 1.165) is 27.8 Å². The molecule has 4 aromatic rings. The number of thiazole rings is 1. The highest BCUT2D eigenvalue weighted by atomic mass is 35.5. The molecule has 0 aliphatic heterocycles. The van der Waals surface area contributed by atoms with Crippen LogP contribution in [-0.2, 0) is 27.8 Å². The molecule has 0 saturated carbocycles. The highest BCUT2D eigenvalue weighted by Gasteiger charge is 2.32. The summed E-state index contributed by atoms with van der Waals surface area (Å²) in [7, 11) is -1.61. The maximum atomic E-state index is 15.8. The van der Waals surface area contributed by atoms with Crippen LogP contribution in [0.25, 0.3) is 0 Å². The van der Waals surface area contributed by atoms with Gasteiger partial charge in [0.25, 0.3) is 10.0 Å². The van der Waals surface area contributed by atoms with Gasteiger partial charge in [0.2, 0.25) is 0 Å². The number of aliphatic carboxylic acids is 1. The zero-order chi connectivity index (χ0) is 34.1. The average Bonchev–Trinajstić information content (AvgIpc) is 3.56. The molecule has 15 heteroatoms. The van der Waals surface area contributed by atoms with Crippen LogP contribution in [0.5, 0.6) is 23.0 Å². The number of terminal acetylenes is 1. The fraction of sp³-hybridized carbons (Fsp3) is 0.250. The minimum Gasteiger partial charge on any atom is -0.497 e. The average molecular weight is 723 g/mol. The Kier molecular flexibility index (Phi) is 12.3. The first-order valence-electron chi connectivity index (χ1n) is 13.9. The third-order valence-electron chi connectivity index (χ3n) is 6.83. The fourth-order valence-corrected chi connectivity index (χ4v) is 7.43. The van der Waals surface area contributed by atoms with Crippen LogP contribution < -0.4 is 18.5 Å². The topological polar surface area (TPSA) is 119 Å². The van der Waals surface area contributed by atoms with Gasteiger partial charge in [0.15, 0.2) is 5.13 Å². The van der Waals surface area contributed by atoms with Gasteiger partial charge in [0, 0.05) is 40.8 Å². The maximum Gasteiger partial charge on any atom is 0.317 e. The standard InChI is InChI=1S/C32H30Cl2FN3O7S2/c1-4-12-37(20-31(39)40)13-5-6-21-15-23(33)8-10-27(21)45-29-18-26(35)30(17-25(29)34)47(41,42)38(32-36-11-14-46-32)19-22-7-9-24(43-2)16-28(22)44-3/h1,7-11,14-18H,5-6,12-13,19-20H2,2-3H3,(H,39,40). The van der Waals surface area contributed by atoms with Crippen molar-refractivity contribution in [2.45, 2.75) is 24.3 Å². The molecule has 1 N–H and O–H groups in total. The van der Waals surface area contributed by atoms with E-state index in [0.29, 0.717) is 52.8 Å². The molecule has 0 bridgehead atoms. The van der Waals surface area contributed by atoms with Crippen LogP contribution in [0.1, 0.15) is 17.5 Å². The lowest BCUT2D eigenvalue weighted by Crippen LogP contribution is -2.31. The van der Waals surface area contributed by atoms with E-state index in [2.05, 4.69) is 10.9 Å². The van der Waals surface area contributed by atoms with Crippen molar-refractivity contribution in [3.8, 4) is 35.3 Å². The normalized spacial score (nSPS) is 11.3. The Balaban J connectivity index is 1.62. The van der Waals surface area contributed by atoms with Crippen molar-refractivity contribution in [2.75, 3.05) is 38.2 Å². The molecule has 0 saturated heterocycles. The van der Waals surface area contributed by atoms with E-state index in [-0.39, 0.29) is 35.5 Å². The van der Waals surface area contributed by atoms with Crippen molar-refractivity contribution in [2.24, 2.45) is 0 Å². The molecule has 1 aromatic heterocycles. The van der Waals surface area contributed by atoms with Gasteiger partial charge in [-0.2, -0.15) is 0 Å². The molecule has 1 heterocycles. The van der Waals surface area contributed by atoms with E-state index in [1.54, 1.807) is 46.7 Å². The minimum atomic E-state index is -4.55. The molecular formula is C32H30Cl2FN3O7S2. The molecule has 0 radical (unpaired) electrons. The van der Waals surface area contributed by atoms with Gasteiger partial charge < -0.3 is 19.3 Å². The smallest absolute Gasteiger partial charge is 0.317 e. The van der Waals surface area contributed by atoms with E-state index in [1.165, 1.54) is 20.4 Å². The number of anilines is 1. The first-order chi connectivity index (χ1) is 22.5. The number of carboxylic acid groups (broad SMARTS) is 1. The monoisotopic (exact) mass is 721 g/mol. The fourth-order valence-electron chi connectivity index (χ4n) is 4.63. The number of halogens is 3. The molecule has 0 unspecified atom stereocenters. The second kappa shape index (κ2) is 16.2. The summed E-state index contributed by atoms with van der Waals surface area (Å²) in [6, 6.07) is 11.6. The van der Waals surface area contributed by atoms with Gasteiger partial charge in [0.1, 0.15) is 33.7 Å². The number of hydrogen-bond acceptors (Lipinski definition) is 9. The molecule has 10 nitrogen and oxygen atoms in total. The van der Waals surface area contributed by atoms with Crippen LogP contribution in [0, 0.1) is 18.2 Å². The Hall–Kier alpha value is -4.06. The van der Waals surface area contributed by atoms with Gasteiger partial charge in [-0.15, -0.1) is 17.8 Å². The first kappa shape index (κ1) is 35.8. The van der Waals surface area contributed by atoms with Crippen LogP contribution in [-0.4, -0.2) is 63.2 Å². The third-order valence-corrected chi connectivity index (χ3v) is 10.0. The number of aryl methyl sites for hydroxylation is 1. The molecule has 248 valence electrons. The van der Waals surface area contributed by atoms with Crippen molar-refractivity contribution < 1.29 is 36.9 Å². The van der Waals surface area contributed by atoms with Crippen LogP contribution in [0.15, 0.2) is 65.0 Å². The van der Waals surface area contributed by atoms with E-state index < -0.39 is 26.7 Å². The molecule has 0 amide bonds. The lowest BCUT2D eigenvalue weighted by Gasteiger charge is -2.23. The number of methoxy groups -OCH3 is 2. The summed E-state index contributed by atoms with van der Waals surface area (Å²) in [5.41, 5.74) is 1.13. The molecule has 0 atom stereocenters. The van der Waals surface area contributed by atoms with Crippen molar-refractivity contribution in [1.82, 2.24) is 9.88 Å². The van der Waals surface area contributed by atoms with E-state index in [9.17, 15) is 13.2 Å². The van der Waals surface area contributed by atoms with Crippen molar-refractivity contribution >= 4 is 55.7 Å². The van der Waals surface area contributed by atoms with Crippen molar-refractivity contribution in [3.05, 3.63) is 87.1 Å². The number of rotatable bonds is 16. The van der Waals surface area contributed by atoms with E-state index in [4.69, 9.17) is 48.9 Å². The zero-order valence-corrected chi connectivity index (χ0v) is 28.4. The quantitative estimate of drug-likeness (QED) is 0.125. The Bertz CT molecular complexity index is 1870. The molecule has 0 aliphatic carbocycles. The van der Waals surface area contributed by atoms with Crippen LogP contribution >= 0.6 is 34.5 Å². The van der Waals surface area contributed by atoms with Gasteiger partial charge in [-0.1, -0.05) is 29.1 Å². The SMILES string of the molecule is C#CCN(CCCc1cc(Cl)ccc1Oc1cc(F)c(S(=O)(=O)N(Cc2ccc(OC)cc2OC)c2nccs2)cc1Cl)CC(=O)O. The lowest BCUT2D eigenvalue weighted by molar-refractivity contribution is -0.138. The number of benzene rings is 3. The van der Waals surface area contributed by atoms with Crippen LogP contribution in [0.2, 0.25) is 10.0 Å². The number of sulfonamides is 1. The Morgan fingerprint density at radius 1 is 1.06 bits per heavy atom. The number of nitrogens with zero attached hydrogens (tertiary/aromatic N) is 3. The highest BCUT2D eigenvalue weighted by Crippen LogP contribution is 2.38. The van der Waals surface area contributed by atoms with Gasteiger partial charge >= 0.3 is 5.97 Å². The molecule has 47 heavy (non-hydrogen) atoms. The summed E-state index contributed by atoms with van der Waals surface area (Å²) in [6.07, 6.45) is 7.73. The summed E-state index contributed by atoms with van der Waals surface area (Å²) < 4.78 is 61.4. The first-order valence-corrected chi connectivity index (χ1v) is 17.0. The van der Waals surface area contributed by atoms with Gasteiger partial charge in [0.05, 0.1) is 38.9 Å². The van der Waals surface area contributed by atoms with Crippen molar-refractivity contribution in [1.29, 1.82) is 0 Å². The third kappa shape index (κ3) is 9.06. The Morgan fingerprint density at radius 3 is 2.51 bits per heavy atom. The number of ether oxygens (including phenoxy) is 3. The van der Waals surface area contributed by atoms with Gasteiger partial charge in [-0.05, 0) is 54.8 Å². The predicted molar refractivity (Wildman–Crippen MR) is 179 cm³/mol. The summed E-state index contributed by atoms with van der Waals surface area (Å²) in [5, 5.41) is 11.1. The molecule has 0 spiro atoms. The van der Waals surface area contributed by atoms with Gasteiger partial charge in [-0.25, -0.2) is 22.1 Å². The summed E-state index contributed by atoms with van der Waals surface area (Å²) in [4.78, 5) is 16.2. The number of aromatic nitrogens is 1. The Morgan fingerprint density at radius 2 is 1.85 bits per heavy atom. The highest BCUT2D eigenvalue weighted by molar-refractivity contribution is 7.93. The molecule has 0 fully saturated rings. The summed E-state index contributed by atoms with van der Waals surface area (Å²) >= 11 is 13.8. The summed E-state index contributed by atoms with van der Waals surface area (Å²) in [6.45, 7) is 0.129. The number of carbonyl (C=O) groups is 1. The predicted octanol–water partition coefficient (Wildman–Crippen LogP) is 6.75. The van der Waals surface area contributed by atoms with E-state index in [1.807, 2.05) is 0 Å². The number of carboxylic acids is 1. The second-order valence-electron chi connectivity index (χ2n) is 9.98. The maximum absolute atomic E-state index is 15.8. The summed E-state index contributed by atoms with van der Waals surface area (Å²) in [5.74, 6) is 1.42. The van der Waals surface area contributed by atoms with E-state index >= 15 is 4.39 Å². The largest absolute Gasteiger partial charge is 0.497 e. The van der Waals surface area contributed by atoms with Crippen molar-refractivity contribution in [3.63, 3.8) is 0 Å². The lowest BCUT2D eigenvalue weighted by atomic mass is 10.1. The number of hydrogen-bond donors (Lipinski definition) is 1. The second-order valence-corrected chi connectivity index (χ2v) is 13.5. The molecule has 3 aromatic carbocycles. The molecule has 0 aliphatic rings. The molecular weight excluding hydrogens is 692 g/mol. The molecule has 4 rings (SSSR count). The van der Waals surface area contributed by atoms with Crippen LogP contribution in [0.4, 0.5) is 9.52 Å². The Labute approximate surface area is 286 Å². The minimum absolute atomic E-state index is 0.105.